The van der Waals surface area contributed by atoms with Gasteiger partial charge in [0.1, 0.15) is 5.76 Å². The van der Waals surface area contributed by atoms with Gasteiger partial charge in [0, 0.05) is 41.6 Å². The summed E-state index contributed by atoms with van der Waals surface area (Å²) in [5.74, 6) is 0.305. The molecule has 0 saturated carbocycles. The summed E-state index contributed by atoms with van der Waals surface area (Å²) in [7, 11) is 0. The first kappa shape index (κ1) is 20.4. The van der Waals surface area contributed by atoms with E-state index in [1.807, 2.05) is 18.3 Å². The van der Waals surface area contributed by atoms with E-state index in [2.05, 4.69) is 23.3 Å². The molecule has 0 aliphatic heterocycles. The van der Waals surface area contributed by atoms with Crippen LogP contribution in [0.5, 0.6) is 0 Å². The van der Waals surface area contributed by atoms with Gasteiger partial charge in [-0.3, -0.25) is 14.9 Å². The third-order valence-corrected chi connectivity index (χ3v) is 5.53. The molecule has 2 heterocycles. The molecule has 2 aromatic carbocycles. The zero-order valence-corrected chi connectivity index (χ0v) is 17.1. The first-order valence-electron chi connectivity index (χ1n) is 10.2. The molecule has 1 atom stereocenters. The molecule has 0 saturated heterocycles. The monoisotopic (exact) mass is 417 g/mol. The van der Waals surface area contributed by atoms with E-state index in [4.69, 9.17) is 4.42 Å². The van der Waals surface area contributed by atoms with Crippen LogP contribution in [-0.4, -0.2) is 15.8 Å². The van der Waals surface area contributed by atoms with Gasteiger partial charge in [-0.15, -0.1) is 0 Å². The van der Waals surface area contributed by atoms with Crippen LogP contribution in [0.4, 0.5) is 5.69 Å². The van der Waals surface area contributed by atoms with Crippen molar-refractivity contribution in [3.63, 3.8) is 0 Å². The fraction of sp³-hybridized carbons (Fsp3) is 0.208. The lowest BCUT2D eigenvalue weighted by Gasteiger charge is -2.17. The Labute approximate surface area is 179 Å². The van der Waals surface area contributed by atoms with Gasteiger partial charge in [-0.1, -0.05) is 37.3 Å². The van der Waals surface area contributed by atoms with E-state index in [-0.39, 0.29) is 23.9 Å². The number of carbonyl (C=O) groups is 1. The highest BCUT2D eigenvalue weighted by molar-refractivity contribution is 5.88. The standard InChI is InChI=1S/C24H23N3O4/c1-2-16-5-3-7-20-22(15-26-24(16)20)21(17-8-10-18(11-9-17)27(29)30)13-23(28)25-14-19-6-4-12-31-19/h3-12,15,21,26H,2,13-14H2,1H3,(H,25,28). The Kier molecular flexibility index (Phi) is 5.84. The normalized spacial score (nSPS) is 12.0. The number of H-pyrrole nitrogens is 1. The largest absolute Gasteiger partial charge is 0.467 e. The molecule has 31 heavy (non-hydrogen) atoms. The third-order valence-electron chi connectivity index (χ3n) is 5.53. The lowest BCUT2D eigenvalue weighted by atomic mass is 9.87. The molecule has 0 aliphatic carbocycles. The van der Waals surface area contributed by atoms with Crippen LogP contribution in [0.1, 0.15) is 41.7 Å². The molecule has 4 aromatic rings. The third kappa shape index (κ3) is 4.35. The zero-order valence-electron chi connectivity index (χ0n) is 17.1. The molecular weight excluding hydrogens is 394 g/mol. The molecular formula is C24H23N3O4. The number of nitrogens with one attached hydrogen (secondary N) is 2. The number of amides is 1. The number of fused-ring (bicyclic) bond motifs is 1. The lowest BCUT2D eigenvalue weighted by Crippen LogP contribution is -2.24. The van der Waals surface area contributed by atoms with Gasteiger partial charge in [-0.25, -0.2) is 0 Å². The van der Waals surface area contributed by atoms with Crippen molar-refractivity contribution in [1.29, 1.82) is 0 Å². The first-order valence-corrected chi connectivity index (χ1v) is 10.2. The highest BCUT2D eigenvalue weighted by Crippen LogP contribution is 2.35. The number of aromatic amines is 1. The van der Waals surface area contributed by atoms with E-state index in [9.17, 15) is 14.9 Å². The zero-order chi connectivity index (χ0) is 21.8. The quantitative estimate of drug-likeness (QED) is 0.309. The average Bonchev–Trinajstić information content (AvgIpc) is 3.46. The summed E-state index contributed by atoms with van der Waals surface area (Å²) in [6.07, 6.45) is 4.61. The minimum absolute atomic E-state index is 0.0250. The molecule has 1 amide bonds. The average molecular weight is 417 g/mol. The Morgan fingerprint density at radius 2 is 1.97 bits per heavy atom. The maximum Gasteiger partial charge on any atom is 0.269 e. The Hall–Kier alpha value is -3.87. The predicted octanol–water partition coefficient (Wildman–Crippen LogP) is 5.07. The van der Waals surface area contributed by atoms with Crippen molar-refractivity contribution < 1.29 is 14.1 Å². The van der Waals surface area contributed by atoms with Gasteiger partial charge >= 0.3 is 0 Å². The summed E-state index contributed by atoms with van der Waals surface area (Å²) in [4.78, 5) is 26.8. The van der Waals surface area contributed by atoms with E-state index in [1.165, 1.54) is 17.7 Å². The van der Waals surface area contributed by atoms with Gasteiger partial charge < -0.3 is 14.7 Å². The minimum atomic E-state index is -0.423. The molecule has 4 rings (SSSR count). The number of hydrogen-bond donors (Lipinski definition) is 2. The van der Waals surface area contributed by atoms with Crippen molar-refractivity contribution in [3.8, 4) is 0 Å². The van der Waals surface area contributed by atoms with E-state index < -0.39 is 4.92 Å². The minimum Gasteiger partial charge on any atom is -0.467 e. The number of nitrogens with zero attached hydrogens (tertiary/aromatic N) is 1. The van der Waals surface area contributed by atoms with Gasteiger partial charge in [0.15, 0.2) is 0 Å². The van der Waals surface area contributed by atoms with Crippen LogP contribution in [0.25, 0.3) is 10.9 Å². The van der Waals surface area contributed by atoms with Crippen molar-refractivity contribution in [2.24, 2.45) is 0 Å². The Morgan fingerprint density at radius 3 is 2.65 bits per heavy atom. The summed E-state index contributed by atoms with van der Waals surface area (Å²) in [5, 5.41) is 15.0. The van der Waals surface area contributed by atoms with Gasteiger partial charge in [0.2, 0.25) is 5.91 Å². The number of aryl methyl sites for hydroxylation is 1. The van der Waals surface area contributed by atoms with E-state index in [0.29, 0.717) is 12.3 Å². The number of nitro benzene ring substituents is 1. The number of furan rings is 1. The van der Waals surface area contributed by atoms with Crippen LogP contribution in [-0.2, 0) is 17.8 Å². The van der Waals surface area contributed by atoms with Crippen molar-refractivity contribution >= 4 is 22.5 Å². The van der Waals surface area contributed by atoms with Gasteiger partial charge in [0.05, 0.1) is 17.7 Å². The Balaban J connectivity index is 1.67. The molecule has 2 aromatic heterocycles. The van der Waals surface area contributed by atoms with Crippen LogP contribution in [0.3, 0.4) is 0 Å². The lowest BCUT2D eigenvalue weighted by molar-refractivity contribution is -0.384. The number of non-ortho nitro benzene ring substituents is 1. The smallest absolute Gasteiger partial charge is 0.269 e. The highest BCUT2D eigenvalue weighted by atomic mass is 16.6. The number of hydrogen-bond acceptors (Lipinski definition) is 4. The SMILES string of the molecule is CCc1cccc2c(C(CC(=O)NCc3ccco3)c3ccc([N+](=O)[O-])cc3)c[nH]c12. The van der Waals surface area contributed by atoms with Crippen molar-refractivity contribution in [2.45, 2.75) is 32.2 Å². The summed E-state index contributed by atoms with van der Waals surface area (Å²) in [6, 6.07) is 16.1. The fourth-order valence-corrected chi connectivity index (χ4v) is 3.91. The van der Waals surface area contributed by atoms with E-state index in [0.717, 1.165) is 28.5 Å². The summed E-state index contributed by atoms with van der Waals surface area (Å²) < 4.78 is 5.28. The fourth-order valence-electron chi connectivity index (χ4n) is 3.91. The van der Waals surface area contributed by atoms with Crippen molar-refractivity contribution in [3.05, 3.63) is 99.6 Å². The van der Waals surface area contributed by atoms with Gasteiger partial charge in [-0.05, 0) is 35.2 Å². The molecule has 0 radical (unpaired) electrons. The number of rotatable bonds is 8. The second-order valence-electron chi connectivity index (χ2n) is 7.40. The number of carbonyl (C=O) groups excluding carboxylic acids is 1. The molecule has 2 N–H and O–H groups in total. The van der Waals surface area contributed by atoms with Gasteiger partial charge in [-0.2, -0.15) is 0 Å². The van der Waals surface area contributed by atoms with Crippen LogP contribution < -0.4 is 5.32 Å². The molecule has 0 aliphatic rings. The van der Waals surface area contributed by atoms with Crippen LogP contribution in [0, 0.1) is 10.1 Å². The Morgan fingerprint density at radius 1 is 1.16 bits per heavy atom. The van der Waals surface area contributed by atoms with Crippen molar-refractivity contribution in [1.82, 2.24) is 10.3 Å². The molecule has 0 fully saturated rings. The van der Waals surface area contributed by atoms with Crippen LogP contribution in [0.2, 0.25) is 0 Å². The van der Waals surface area contributed by atoms with Crippen molar-refractivity contribution in [2.75, 3.05) is 0 Å². The molecule has 7 heteroatoms. The summed E-state index contributed by atoms with van der Waals surface area (Å²) in [5.41, 5.74) is 4.13. The predicted molar refractivity (Wildman–Crippen MR) is 118 cm³/mol. The topological polar surface area (TPSA) is 101 Å². The second-order valence-corrected chi connectivity index (χ2v) is 7.40. The number of benzene rings is 2. The van der Waals surface area contributed by atoms with E-state index >= 15 is 0 Å². The molecule has 7 nitrogen and oxygen atoms in total. The number of nitro groups is 1. The van der Waals surface area contributed by atoms with Gasteiger partial charge in [0.25, 0.3) is 5.69 Å². The number of para-hydroxylation sites is 1. The first-order chi connectivity index (χ1) is 15.1. The van der Waals surface area contributed by atoms with E-state index in [1.54, 1.807) is 30.5 Å². The van der Waals surface area contributed by atoms with Crippen LogP contribution >= 0.6 is 0 Å². The maximum absolute atomic E-state index is 12.8. The summed E-state index contributed by atoms with van der Waals surface area (Å²) >= 11 is 0. The second kappa shape index (κ2) is 8.87. The summed E-state index contributed by atoms with van der Waals surface area (Å²) in [6.45, 7) is 2.41. The highest BCUT2D eigenvalue weighted by Gasteiger charge is 2.23. The molecule has 0 bridgehead atoms. The Bertz CT molecular complexity index is 1190. The van der Waals surface area contributed by atoms with Crippen LogP contribution in [0.15, 0.2) is 71.5 Å². The maximum atomic E-state index is 12.8. The number of aromatic nitrogens is 1. The molecule has 158 valence electrons. The molecule has 1 unspecified atom stereocenters. The molecule has 0 spiro atoms.